The fourth-order valence-corrected chi connectivity index (χ4v) is 11.1. The number of benzene rings is 6. The Labute approximate surface area is 365 Å². The number of para-hydroxylation sites is 2. The largest absolute Gasteiger partial charge is 0.365 e. The predicted molar refractivity (Wildman–Crippen MR) is 230 cm³/mol. The van der Waals surface area contributed by atoms with E-state index in [1.807, 2.05) is 72.8 Å². The van der Waals surface area contributed by atoms with E-state index in [-0.39, 0.29) is 13.1 Å². The van der Waals surface area contributed by atoms with E-state index in [0.29, 0.717) is 33.6 Å². The first kappa shape index (κ1) is 38.9. The number of aliphatic hydroxyl groups is 2. The molecular formula is C50H38N6O8. The highest BCUT2D eigenvalue weighted by molar-refractivity contribution is 6.43. The van der Waals surface area contributed by atoms with Gasteiger partial charge in [0.2, 0.25) is 11.8 Å². The molecule has 6 aromatic carbocycles. The molecule has 14 heteroatoms. The summed E-state index contributed by atoms with van der Waals surface area (Å²) < 4.78 is 0. The number of anilines is 2. The third kappa shape index (κ3) is 4.80. The summed E-state index contributed by atoms with van der Waals surface area (Å²) in [4.78, 5) is 86.0. The second kappa shape index (κ2) is 13.8. The van der Waals surface area contributed by atoms with E-state index < -0.39 is 70.1 Å². The minimum atomic E-state index is -1.89. The number of carbonyl (C=O) groups is 6. The van der Waals surface area contributed by atoms with Crippen molar-refractivity contribution >= 4 is 46.8 Å². The van der Waals surface area contributed by atoms with Gasteiger partial charge in [0, 0.05) is 24.2 Å². The van der Waals surface area contributed by atoms with E-state index in [1.54, 1.807) is 97.1 Å². The molecule has 14 nitrogen and oxygen atoms in total. The summed E-state index contributed by atoms with van der Waals surface area (Å²) in [5.74, 6) is -4.12. The van der Waals surface area contributed by atoms with E-state index in [2.05, 4.69) is 10.6 Å². The molecule has 6 aliphatic rings. The lowest BCUT2D eigenvalue weighted by Gasteiger charge is -2.50. The molecule has 0 bridgehead atoms. The number of hydrogen-bond acceptors (Lipinski definition) is 8. The standard InChI is InChI=1S/2C25H19N3O4/c2*29-21-20-24(17-11-5-2-6-12-17)25(32,26-21)18-13-7-8-14-19(18)28(24)23(31)22(30)27(20)15-16-9-3-1-4-10-16/h2*1-14,20,32H,15H2,(H,26,29)/t2*20-,24-,25+/m10/s1. The summed E-state index contributed by atoms with van der Waals surface area (Å²) in [6.07, 6.45) is 0. The van der Waals surface area contributed by atoms with Crippen LogP contribution in [0.1, 0.15) is 33.4 Å². The molecule has 12 rings (SSSR count). The molecule has 6 amide bonds. The minimum Gasteiger partial charge on any atom is -0.365 e. The number of carbonyl (C=O) groups excluding carboxylic acids is 6. The van der Waals surface area contributed by atoms with Gasteiger partial charge in [0.1, 0.15) is 12.1 Å². The predicted octanol–water partition coefficient (Wildman–Crippen LogP) is 3.23. The van der Waals surface area contributed by atoms with Crippen LogP contribution in [0, 0.1) is 0 Å². The lowest BCUT2D eigenvalue weighted by molar-refractivity contribution is -0.157. The monoisotopic (exact) mass is 850 g/mol. The minimum absolute atomic E-state index is 0.0678. The van der Waals surface area contributed by atoms with Crippen LogP contribution in [-0.4, -0.2) is 67.5 Å². The number of piperazine rings is 2. The van der Waals surface area contributed by atoms with Gasteiger partial charge >= 0.3 is 23.6 Å². The van der Waals surface area contributed by atoms with Crippen molar-refractivity contribution in [1.82, 2.24) is 20.4 Å². The number of nitrogens with one attached hydrogen (secondary N) is 2. The molecule has 316 valence electrons. The van der Waals surface area contributed by atoms with Crippen molar-refractivity contribution < 1.29 is 39.0 Å². The second-order valence-electron chi connectivity index (χ2n) is 16.6. The molecular weight excluding hydrogens is 813 g/mol. The van der Waals surface area contributed by atoms with Crippen molar-refractivity contribution in [2.24, 2.45) is 0 Å². The van der Waals surface area contributed by atoms with Crippen LogP contribution in [0.2, 0.25) is 0 Å². The molecule has 6 aromatic rings. The van der Waals surface area contributed by atoms with Crippen LogP contribution in [0.3, 0.4) is 0 Å². The highest BCUT2D eigenvalue weighted by Gasteiger charge is 2.80. The number of amides is 6. The summed E-state index contributed by atoms with van der Waals surface area (Å²) in [6.45, 7) is 0.136. The molecule has 0 saturated carbocycles. The Morgan fingerprint density at radius 3 is 1.08 bits per heavy atom. The Morgan fingerprint density at radius 1 is 0.406 bits per heavy atom. The normalized spacial score (nSPS) is 27.9. The Balaban J connectivity index is 0.000000143. The van der Waals surface area contributed by atoms with Crippen LogP contribution in [0.5, 0.6) is 0 Å². The maximum Gasteiger partial charge on any atom is 0.317 e. The van der Waals surface area contributed by atoms with Gasteiger partial charge in [-0.1, -0.05) is 158 Å². The Hall–Kier alpha value is -7.94. The third-order valence-electron chi connectivity index (χ3n) is 13.5. The molecule has 6 heterocycles. The molecule has 0 unspecified atom stereocenters. The van der Waals surface area contributed by atoms with Gasteiger partial charge in [0.25, 0.3) is 0 Å². The van der Waals surface area contributed by atoms with Crippen LogP contribution in [-0.2, 0) is 64.4 Å². The molecule has 6 atom stereocenters. The zero-order chi connectivity index (χ0) is 44.2. The maximum absolute atomic E-state index is 13.6. The van der Waals surface area contributed by atoms with E-state index in [4.69, 9.17) is 0 Å². The molecule has 4 fully saturated rings. The van der Waals surface area contributed by atoms with Crippen molar-refractivity contribution in [3.63, 3.8) is 0 Å². The van der Waals surface area contributed by atoms with Crippen molar-refractivity contribution in [2.45, 2.75) is 47.7 Å². The number of fused-ring (bicyclic) bond motifs is 6. The fraction of sp³-hybridized carbons (Fsp3) is 0.160. The zero-order valence-electron chi connectivity index (χ0n) is 33.9. The van der Waals surface area contributed by atoms with Crippen LogP contribution >= 0.6 is 0 Å². The molecule has 4 N–H and O–H groups in total. The van der Waals surface area contributed by atoms with Gasteiger partial charge in [-0.05, 0) is 34.4 Å². The van der Waals surface area contributed by atoms with E-state index >= 15 is 0 Å². The summed E-state index contributed by atoms with van der Waals surface area (Å²) in [5, 5.41) is 29.7. The quantitative estimate of drug-likeness (QED) is 0.185. The Morgan fingerprint density at radius 2 is 0.719 bits per heavy atom. The van der Waals surface area contributed by atoms with Crippen LogP contribution in [0.4, 0.5) is 11.4 Å². The maximum atomic E-state index is 13.6. The molecule has 64 heavy (non-hydrogen) atoms. The van der Waals surface area contributed by atoms with Gasteiger partial charge in [-0.25, -0.2) is 0 Å². The molecule has 0 spiro atoms. The first-order chi connectivity index (χ1) is 31.0. The first-order valence-electron chi connectivity index (χ1n) is 20.8. The number of hydrogen-bond donors (Lipinski definition) is 4. The molecule has 0 aliphatic carbocycles. The Kier molecular flexibility index (Phi) is 8.39. The van der Waals surface area contributed by atoms with Crippen LogP contribution in [0.15, 0.2) is 170 Å². The van der Waals surface area contributed by atoms with Crippen molar-refractivity contribution in [2.75, 3.05) is 9.80 Å². The van der Waals surface area contributed by atoms with Gasteiger partial charge in [-0.3, -0.25) is 38.6 Å². The average Bonchev–Trinajstić information content (AvgIpc) is 3.89. The lowest BCUT2D eigenvalue weighted by atomic mass is 9.74. The smallest absolute Gasteiger partial charge is 0.317 e. The summed E-state index contributed by atoms with van der Waals surface area (Å²) in [5.41, 5.74) is -2.53. The van der Waals surface area contributed by atoms with Gasteiger partial charge in [-0.2, -0.15) is 0 Å². The third-order valence-corrected chi connectivity index (χ3v) is 13.5. The van der Waals surface area contributed by atoms with Gasteiger partial charge in [-0.15, -0.1) is 0 Å². The number of rotatable bonds is 6. The van der Waals surface area contributed by atoms with Crippen LogP contribution in [0.25, 0.3) is 0 Å². The summed E-state index contributed by atoms with van der Waals surface area (Å²) in [6, 6.07) is 47.8. The average molecular weight is 851 g/mol. The Bertz CT molecular complexity index is 2760. The van der Waals surface area contributed by atoms with E-state index in [1.165, 1.54) is 19.6 Å². The van der Waals surface area contributed by atoms with Crippen molar-refractivity contribution in [3.8, 4) is 0 Å². The van der Waals surface area contributed by atoms with Crippen molar-refractivity contribution in [1.29, 1.82) is 0 Å². The topological polar surface area (TPSA) is 180 Å². The van der Waals surface area contributed by atoms with Gasteiger partial charge in [0.05, 0.1) is 11.4 Å². The van der Waals surface area contributed by atoms with Crippen molar-refractivity contribution in [3.05, 3.63) is 203 Å². The molecule has 6 aliphatic heterocycles. The highest BCUT2D eigenvalue weighted by Crippen LogP contribution is 2.63. The van der Waals surface area contributed by atoms with Gasteiger partial charge in [0.15, 0.2) is 22.5 Å². The van der Waals surface area contributed by atoms with Crippen LogP contribution < -0.4 is 20.4 Å². The lowest BCUT2D eigenvalue weighted by Crippen LogP contribution is -2.72. The van der Waals surface area contributed by atoms with E-state index in [9.17, 15) is 39.0 Å². The fourth-order valence-electron chi connectivity index (χ4n) is 11.1. The van der Waals surface area contributed by atoms with E-state index in [0.717, 1.165) is 11.1 Å². The molecule has 4 saturated heterocycles. The second-order valence-corrected chi connectivity index (χ2v) is 16.6. The first-order valence-corrected chi connectivity index (χ1v) is 20.8. The zero-order valence-corrected chi connectivity index (χ0v) is 33.9. The van der Waals surface area contributed by atoms with Gasteiger partial charge < -0.3 is 30.6 Å². The highest BCUT2D eigenvalue weighted by atomic mass is 16.3. The summed E-state index contributed by atoms with van der Waals surface area (Å²) >= 11 is 0. The molecule has 0 aromatic heterocycles. The summed E-state index contributed by atoms with van der Waals surface area (Å²) in [7, 11) is 0. The SMILES string of the molecule is O=C1N[C@@]2(O)c3ccccc3N3C(=O)C(=O)N(Cc4ccccc4)[C@@H]1[C@]32c1ccccc1.O=C1N[C@]2(O)c3ccccc3N3C(=O)C(=O)N(Cc4ccccc4)[C@H]1[C@@]32c1ccccc1. The number of nitrogens with zero attached hydrogens (tertiary/aromatic N) is 4. The molecule has 0 radical (unpaired) electrons.